The molecule has 0 saturated heterocycles. The molecule has 3 nitrogen and oxygen atoms in total. The second-order valence-corrected chi connectivity index (χ2v) is 4.37. The minimum atomic E-state index is 0.0928. The number of rotatable bonds is 2. The Labute approximate surface area is 97.1 Å². The number of halogens is 1. The number of aliphatic hydroxyl groups is 1. The van der Waals surface area contributed by atoms with Crippen molar-refractivity contribution in [3.63, 3.8) is 0 Å². The van der Waals surface area contributed by atoms with Crippen molar-refractivity contribution in [1.82, 2.24) is 0 Å². The smallest absolute Gasteiger partial charge is 0.175 e. The number of hydrogen-bond donors (Lipinski definition) is 1. The van der Waals surface area contributed by atoms with Gasteiger partial charge in [-0.3, -0.25) is 0 Å². The van der Waals surface area contributed by atoms with Gasteiger partial charge in [-0.15, -0.1) is 0 Å². The summed E-state index contributed by atoms with van der Waals surface area (Å²) in [7, 11) is 0. The molecule has 1 aromatic carbocycles. The Morgan fingerprint density at radius 2 is 2.13 bits per heavy atom. The van der Waals surface area contributed by atoms with Crippen LogP contribution in [0.25, 0.3) is 0 Å². The lowest BCUT2D eigenvalue weighted by molar-refractivity contribution is 0.170. The molecular formula is C11H13BrO3. The molecule has 0 radical (unpaired) electrons. The average molecular weight is 273 g/mol. The highest BCUT2D eigenvalue weighted by molar-refractivity contribution is 9.10. The number of ether oxygens (including phenoxy) is 2. The molecule has 1 atom stereocenters. The number of benzene rings is 1. The maximum atomic E-state index is 9.12. The molecule has 1 heterocycles. The second kappa shape index (κ2) is 4.41. The summed E-state index contributed by atoms with van der Waals surface area (Å²) < 4.78 is 11.9. The summed E-state index contributed by atoms with van der Waals surface area (Å²) in [5.41, 5.74) is 1.04. The quantitative estimate of drug-likeness (QED) is 0.898. The summed E-state index contributed by atoms with van der Waals surface area (Å²) in [6.07, 6.45) is 0. The predicted molar refractivity (Wildman–Crippen MR) is 60.6 cm³/mol. The molecule has 0 aromatic heterocycles. The van der Waals surface area contributed by atoms with Crippen LogP contribution in [0.15, 0.2) is 16.6 Å². The summed E-state index contributed by atoms with van der Waals surface area (Å²) in [6, 6.07) is 3.85. The third-order valence-electron chi connectivity index (χ3n) is 2.48. The summed E-state index contributed by atoms with van der Waals surface area (Å²) >= 11 is 3.49. The molecule has 1 aromatic rings. The molecule has 0 amide bonds. The van der Waals surface area contributed by atoms with Gasteiger partial charge < -0.3 is 14.6 Å². The number of fused-ring (bicyclic) bond motifs is 1. The van der Waals surface area contributed by atoms with E-state index in [-0.39, 0.29) is 12.5 Å². The fourth-order valence-corrected chi connectivity index (χ4v) is 2.41. The Morgan fingerprint density at radius 3 is 2.87 bits per heavy atom. The topological polar surface area (TPSA) is 38.7 Å². The van der Waals surface area contributed by atoms with Crippen LogP contribution < -0.4 is 9.47 Å². The van der Waals surface area contributed by atoms with Gasteiger partial charge in [-0.1, -0.05) is 13.0 Å². The standard InChI is InChI=1S/C11H13BrO3/c1-7(6-13)8-2-3-9-11(10(8)12)15-5-4-14-9/h2-3,7,13H,4-6H2,1H3. The minimum Gasteiger partial charge on any atom is -0.486 e. The molecule has 0 bridgehead atoms. The maximum absolute atomic E-state index is 9.12. The van der Waals surface area contributed by atoms with Gasteiger partial charge in [0, 0.05) is 12.5 Å². The van der Waals surface area contributed by atoms with Crippen molar-refractivity contribution in [2.75, 3.05) is 19.8 Å². The zero-order valence-electron chi connectivity index (χ0n) is 8.50. The van der Waals surface area contributed by atoms with Crippen molar-refractivity contribution in [3.8, 4) is 11.5 Å². The normalized spacial score (nSPS) is 16.2. The molecule has 2 rings (SSSR count). The van der Waals surface area contributed by atoms with E-state index < -0.39 is 0 Å². The van der Waals surface area contributed by atoms with Gasteiger partial charge in [0.25, 0.3) is 0 Å². The lowest BCUT2D eigenvalue weighted by atomic mass is 10.0. The molecule has 1 aliphatic heterocycles. The number of aliphatic hydroxyl groups excluding tert-OH is 1. The van der Waals surface area contributed by atoms with E-state index in [0.29, 0.717) is 13.2 Å². The Kier molecular flexibility index (Phi) is 3.17. The van der Waals surface area contributed by atoms with Crippen molar-refractivity contribution in [3.05, 3.63) is 22.2 Å². The molecule has 0 saturated carbocycles. The minimum absolute atomic E-state index is 0.0928. The fraction of sp³-hybridized carbons (Fsp3) is 0.455. The molecule has 0 aliphatic carbocycles. The highest BCUT2D eigenvalue weighted by Gasteiger charge is 2.19. The Morgan fingerprint density at radius 1 is 1.40 bits per heavy atom. The van der Waals surface area contributed by atoms with Gasteiger partial charge in [-0.25, -0.2) is 0 Å². The molecular weight excluding hydrogens is 260 g/mol. The molecule has 15 heavy (non-hydrogen) atoms. The summed E-state index contributed by atoms with van der Waals surface area (Å²) in [6.45, 7) is 3.26. The zero-order valence-corrected chi connectivity index (χ0v) is 10.1. The van der Waals surface area contributed by atoms with Gasteiger partial charge in [0.05, 0.1) is 4.47 Å². The van der Waals surface area contributed by atoms with E-state index in [1.54, 1.807) is 0 Å². The van der Waals surface area contributed by atoms with E-state index in [1.165, 1.54) is 0 Å². The highest BCUT2D eigenvalue weighted by atomic mass is 79.9. The summed E-state index contributed by atoms with van der Waals surface area (Å²) in [5.74, 6) is 1.61. The van der Waals surface area contributed by atoms with Gasteiger partial charge in [-0.05, 0) is 27.6 Å². The van der Waals surface area contributed by atoms with E-state index in [9.17, 15) is 0 Å². The van der Waals surface area contributed by atoms with Crippen LogP contribution in [-0.2, 0) is 0 Å². The first-order chi connectivity index (χ1) is 7.24. The molecule has 1 N–H and O–H groups in total. The lowest BCUT2D eigenvalue weighted by Gasteiger charge is -2.22. The zero-order chi connectivity index (χ0) is 10.8. The van der Waals surface area contributed by atoms with Crippen molar-refractivity contribution >= 4 is 15.9 Å². The van der Waals surface area contributed by atoms with Crippen LogP contribution in [0.5, 0.6) is 11.5 Å². The lowest BCUT2D eigenvalue weighted by Crippen LogP contribution is -2.16. The SMILES string of the molecule is CC(CO)c1ccc2c(c1Br)OCCO2. The van der Waals surface area contributed by atoms with E-state index in [0.717, 1.165) is 21.5 Å². The average Bonchev–Trinajstić information content (AvgIpc) is 2.29. The van der Waals surface area contributed by atoms with Gasteiger partial charge >= 0.3 is 0 Å². The maximum Gasteiger partial charge on any atom is 0.175 e. The fourth-order valence-electron chi connectivity index (χ4n) is 1.58. The van der Waals surface area contributed by atoms with Gasteiger partial charge in [0.2, 0.25) is 0 Å². The number of hydrogen-bond acceptors (Lipinski definition) is 3. The van der Waals surface area contributed by atoms with Gasteiger partial charge in [0.1, 0.15) is 13.2 Å². The highest BCUT2D eigenvalue weighted by Crippen LogP contribution is 2.41. The van der Waals surface area contributed by atoms with Gasteiger partial charge in [0.15, 0.2) is 11.5 Å². The van der Waals surface area contributed by atoms with Crippen molar-refractivity contribution < 1.29 is 14.6 Å². The van der Waals surface area contributed by atoms with E-state index in [2.05, 4.69) is 15.9 Å². The largest absolute Gasteiger partial charge is 0.486 e. The molecule has 1 unspecified atom stereocenters. The first kappa shape index (κ1) is 10.8. The van der Waals surface area contributed by atoms with Crippen LogP contribution in [0.3, 0.4) is 0 Å². The third kappa shape index (κ3) is 1.96. The van der Waals surface area contributed by atoms with Gasteiger partial charge in [-0.2, -0.15) is 0 Å². The van der Waals surface area contributed by atoms with Crippen LogP contribution >= 0.6 is 15.9 Å². The van der Waals surface area contributed by atoms with E-state index >= 15 is 0 Å². The van der Waals surface area contributed by atoms with Crippen molar-refractivity contribution in [1.29, 1.82) is 0 Å². The molecule has 0 spiro atoms. The van der Waals surface area contributed by atoms with Crippen LogP contribution in [0.1, 0.15) is 18.4 Å². The molecule has 1 aliphatic rings. The summed E-state index contributed by atoms with van der Waals surface area (Å²) in [4.78, 5) is 0. The van der Waals surface area contributed by atoms with Crippen LogP contribution in [0, 0.1) is 0 Å². The van der Waals surface area contributed by atoms with Crippen LogP contribution in [0.2, 0.25) is 0 Å². The second-order valence-electron chi connectivity index (χ2n) is 3.58. The first-order valence-electron chi connectivity index (χ1n) is 4.93. The Balaban J connectivity index is 2.43. The van der Waals surface area contributed by atoms with Crippen LogP contribution in [0.4, 0.5) is 0 Å². The molecule has 0 fully saturated rings. The summed E-state index contributed by atoms with van der Waals surface area (Å²) in [5, 5.41) is 9.12. The van der Waals surface area contributed by atoms with Crippen molar-refractivity contribution in [2.45, 2.75) is 12.8 Å². The Bertz CT molecular complexity index is 365. The van der Waals surface area contributed by atoms with E-state index in [1.807, 2.05) is 19.1 Å². The van der Waals surface area contributed by atoms with Crippen molar-refractivity contribution in [2.24, 2.45) is 0 Å². The monoisotopic (exact) mass is 272 g/mol. The molecule has 4 heteroatoms. The van der Waals surface area contributed by atoms with E-state index in [4.69, 9.17) is 14.6 Å². The third-order valence-corrected chi connectivity index (χ3v) is 3.30. The predicted octanol–water partition coefficient (Wildman–Crippen LogP) is 2.32. The first-order valence-corrected chi connectivity index (χ1v) is 5.72. The Hall–Kier alpha value is -0.740. The molecule has 82 valence electrons. The van der Waals surface area contributed by atoms with Crippen LogP contribution in [-0.4, -0.2) is 24.9 Å².